The van der Waals surface area contributed by atoms with Gasteiger partial charge in [0.2, 0.25) is 0 Å². The number of halogens is 3. The van der Waals surface area contributed by atoms with E-state index in [0.29, 0.717) is 0 Å². The molecule has 0 bridgehead atoms. The lowest BCUT2D eigenvalue weighted by atomic mass is 9.79. The summed E-state index contributed by atoms with van der Waals surface area (Å²) in [7, 11) is 1.87. The summed E-state index contributed by atoms with van der Waals surface area (Å²) in [6.45, 7) is 6.79. The molecule has 1 saturated carbocycles. The Bertz CT molecular complexity index is 150. The van der Waals surface area contributed by atoms with Crippen LogP contribution in [-0.2, 0) is 0 Å². The molecule has 4 heteroatoms. The molecule has 0 aromatic heterocycles. The molecule has 0 radical (unpaired) electrons. The first-order valence-corrected chi connectivity index (χ1v) is 5.22. The molecule has 1 aliphatic carbocycles. The molecule has 86 valence electrons. The van der Waals surface area contributed by atoms with Crippen LogP contribution in [-0.4, -0.2) is 30.7 Å². The van der Waals surface area contributed by atoms with Crippen LogP contribution in [0, 0.1) is 5.92 Å². The summed E-state index contributed by atoms with van der Waals surface area (Å²) in [5, 5.41) is 0. The summed E-state index contributed by atoms with van der Waals surface area (Å²) in [6.07, 6.45) is -3.40. The van der Waals surface area contributed by atoms with Gasteiger partial charge in [-0.25, -0.2) is 0 Å². The zero-order valence-corrected chi connectivity index (χ0v) is 9.36. The number of hydrogen-bond acceptors (Lipinski definition) is 1. The van der Waals surface area contributed by atoms with E-state index in [1.165, 1.54) is 0 Å². The third kappa shape index (κ3) is 3.48. The molecule has 0 amide bonds. The van der Waals surface area contributed by atoms with Crippen molar-refractivity contribution in [3.05, 3.63) is 0 Å². The average molecular weight is 211 g/mol. The van der Waals surface area contributed by atoms with Crippen LogP contribution < -0.4 is 0 Å². The highest BCUT2D eigenvalue weighted by Gasteiger charge is 2.48. The van der Waals surface area contributed by atoms with Crippen LogP contribution in [0.1, 0.15) is 33.6 Å². The van der Waals surface area contributed by atoms with E-state index in [0.717, 1.165) is 6.54 Å². The average Bonchev–Trinajstić information content (AvgIpc) is 2.02. The van der Waals surface area contributed by atoms with Gasteiger partial charge in [-0.15, -0.1) is 0 Å². The van der Waals surface area contributed by atoms with E-state index in [1.54, 1.807) is 0 Å². The Hall–Kier alpha value is -0.250. The molecule has 0 aromatic carbocycles. The highest BCUT2D eigenvalue weighted by molar-refractivity contribution is 4.89. The van der Waals surface area contributed by atoms with Crippen LogP contribution >= 0.6 is 0 Å². The van der Waals surface area contributed by atoms with E-state index in [1.807, 2.05) is 32.7 Å². The Kier molecular flexibility index (Phi) is 5.49. The van der Waals surface area contributed by atoms with Gasteiger partial charge in [0.25, 0.3) is 0 Å². The molecule has 1 nitrogen and oxygen atoms in total. The van der Waals surface area contributed by atoms with Crippen LogP contribution in [0.5, 0.6) is 0 Å². The van der Waals surface area contributed by atoms with Gasteiger partial charge in [-0.3, -0.25) is 0 Å². The molecule has 0 aliphatic heterocycles. The summed E-state index contributed by atoms with van der Waals surface area (Å²) in [6, 6.07) is 0.154. The third-order valence-corrected chi connectivity index (χ3v) is 2.70. The number of hydrogen-bond donors (Lipinski definition) is 0. The number of alkyl halides is 3. The van der Waals surface area contributed by atoms with E-state index in [9.17, 15) is 13.2 Å². The first-order valence-electron chi connectivity index (χ1n) is 5.22. The summed E-state index contributed by atoms with van der Waals surface area (Å²) in [4.78, 5) is 1.97. The molecule has 0 aromatic rings. The highest BCUT2D eigenvalue weighted by Crippen LogP contribution is 2.42. The lowest BCUT2D eigenvalue weighted by Crippen LogP contribution is -2.47. The standard InChI is InChI=1S/C8H14F3N.C2H6/c1-3-12(2)7-4-6(5-7)8(9,10)11;1-2/h6-7H,3-5H2,1-2H3;1-2H3. The molecule has 14 heavy (non-hydrogen) atoms. The van der Waals surface area contributed by atoms with Gasteiger partial charge in [-0.05, 0) is 26.4 Å². The van der Waals surface area contributed by atoms with Gasteiger partial charge in [0.1, 0.15) is 0 Å². The van der Waals surface area contributed by atoms with Crippen LogP contribution in [0.25, 0.3) is 0 Å². The second-order valence-electron chi connectivity index (χ2n) is 3.44. The van der Waals surface area contributed by atoms with E-state index in [4.69, 9.17) is 0 Å². The molecule has 1 fully saturated rings. The predicted octanol–water partition coefficient (Wildman–Crippen LogP) is 3.31. The van der Waals surface area contributed by atoms with Gasteiger partial charge in [-0.1, -0.05) is 20.8 Å². The minimum Gasteiger partial charge on any atom is -0.304 e. The number of rotatable bonds is 2. The minimum atomic E-state index is -3.97. The van der Waals surface area contributed by atoms with Crippen LogP contribution in [0.3, 0.4) is 0 Å². The summed E-state index contributed by atoms with van der Waals surface area (Å²) < 4.78 is 36.1. The Morgan fingerprint density at radius 2 is 1.64 bits per heavy atom. The summed E-state index contributed by atoms with van der Waals surface area (Å²) in [5.74, 6) is -1.04. The van der Waals surface area contributed by atoms with Crippen LogP contribution in [0.2, 0.25) is 0 Å². The molecule has 0 atom stereocenters. The van der Waals surface area contributed by atoms with Crippen molar-refractivity contribution < 1.29 is 13.2 Å². The quantitative estimate of drug-likeness (QED) is 0.677. The molecule has 0 unspecified atom stereocenters. The lowest BCUT2D eigenvalue weighted by molar-refractivity contribution is -0.205. The Labute approximate surface area is 84.3 Å². The fraction of sp³-hybridized carbons (Fsp3) is 1.00. The maximum atomic E-state index is 12.0. The van der Waals surface area contributed by atoms with Crippen molar-refractivity contribution in [3.8, 4) is 0 Å². The van der Waals surface area contributed by atoms with Crippen LogP contribution in [0.15, 0.2) is 0 Å². The molecule has 1 aliphatic rings. The predicted molar refractivity (Wildman–Crippen MR) is 52.2 cm³/mol. The fourth-order valence-electron chi connectivity index (χ4n) is 1.47. The molecule has 0 N–H and O–H groups in total. The van der Waals surface area contributed by atoms with Crippen molar-refractivity contribution in [2.24, 2.45) is 5.92 Å². The molecule has 1 rings (SSSR count). The summed E-state index contributed by atoms with van der Waals surface area (Å²) in [5.41, 5.74) is 0. The van der Waals surface area contributed by atoms with E-state index in [-0.39, 0.29) is 18.9 Å². The smallest absolute Gasteiger partial charge is 0.304 e. The number of nitrogens with zero attached hydrogens (tertiary/aromatic N) is 1. The maximum absolute atomic E-state index is 12.0. The third-order valence-electron chi connectivity index (χ3n) is 2.70. The molecular weight excluding hydrogens is 191 g/mol. The summed E-state index contributed by atoms with van der Waals surface area (Å²) >= 11 is 0. The largest absolute Gasteiger partial charge is 0.391 e. The Morgan fingerprint density at radius 1 is 1.21 bits per heavy atom. The van der Waals surface area contributed by atoms with Crippen molar-refractivity contribution in [2.45, 2.75) is 45.8 Å². The van der Waals surface area contributed by atoms with Crippen molar-refractivity contribution in [1.29, 1.82) is 0 Å². The zero-order chi connectivity index (χ0) is 11.4. The van der Waals surface area contributed by atoms with Crippen LogP contribution in [0.4, 0.5) is 13.2 Å². The first kappa shape index (κ1) is 13.8. The van der Waals surface area contributed by atoms with E-state index in [2.05, 4.69) is 0 Å². The van der Waals surface area contributed by atoms with Crippen molar-refractivity contribution in [3.63, 3.8) is 0 Å². The topological polar surface area (TPSA) is 3.24 Å². The van der Waals surface area contributed by atoms with Gasteiger partial charge in [0.05, 0.1) is 5.92 Å². The highest BCUT2D eigenvalue weighted by atomic mass is 19.4. The lowest BCUT2D eigenvalue weighted by Gasteiger charge is -2.41. The van der Waals surface area contributed by atoms with Crippen molar-refractivity contribution in [2.75, 3.05) is 13.6 Å². The second-order valence-corrected chi connectivity index (χ2v) is 3.44. The van der Waals surface area contributed by atoms with Gasteiger partial charge in [0, 0.05) is 6.04 Å². The monoisotopic (exact) mass is 211 g/mol. The first-order chi connectivity index (χ1) is 6.45. The maximum Gasteiger partial charge on any atom is 0.391 e. The van der Waals surface area contributed by atoms with Gasteiger partial charge in [-0.2, -0.15) is 13.2 Å². The van der Waals surface area contributed by atoms with Gasteiger partial charge >= 0.3 is 6.18 Å². The molecular formula is C10H20F3N. The SMILES string of the molecule is CC.CCN(C)C1CC(C(F)(F)F)C1. The zero-order valence-electron chi connectivity index (χ0n) is 9.36. The van der Waals surface area contributed by atoms with Gasteiger partial charge < -0.3 is 4.90 Å². The molecule has 0 saturated heterocycles. The van der Waals surface area contributed by atoms with E-state index >= 15 is 0 Å². The normalized spacial score (nSPS) is 26.6. The van der Waals surface area contributed by atoms with Crippen molar-refractivity contribution >= 4 is 0 Å². The minimum absolute atomic E-state index is 0.154. The fourth-order valence-corrected chi connectivity index (χ4v) is 1.47. The Morgan fingerprint density at radius 3 is 1.93 bits per heavy atom. The second kappa shape index (κ2) is 5.59. The van der Waals surface area contributed by atoms with E-state index < -0.39 is 12.1 Å². The van der Waals surface area contributed by atoms with Crippen molar-refractivity contribution in [1.82, 2.24) is 4.90 Å². The Balaban J connectivity index is 0.000000791. The molecule has 0 heterocycles. The van der Waals surface area contributed by atoms with Gasteiger partial charge in [0.15, 0.2) is 0 Å². The molecule has 0 spiro atoms.